The Morgan fingerprint density at radius 1 is 1.00 bits per heavy atom. The molecule has 0 N–H and O–H groups in total. The standard InChI is InChI=1S/C22H25O/c1-4-5-11-23-21-12-16(2)22(17(3)13-21)20-8-6-7-19(15-20)14-18-9-10-18/h6-10,12-13,15H,4-5,11,14H2,1-3H3. The summed E-state index contributed by atoms with van der Waals surface area (Å²) in [6.45, 7) is 7.35. The average Bonchev–Trinajstić information content (AvgIpc) is 3.31. The van der Waals surface area contributed by atoms with Gasteiger partial charge in [-0.3, -0.25) is 0 Å². The topological polar surface area (TPSA) is 9.23 Å². The highest BCUT2D eigenvalue weighted by molar-refractivity contribution is 5.72. The van der Waals surface area contributed by atoms with E-state index < -0.39 is 0 Å². The molecule has 0 aliphatic heterocycles. The van der Waals surface area contributed by atoms with E-state index in [1.807, 2.05) is 0 Å². The summed E-state index contributed by atoms with van der Waals surface area (Å²) < 4.78 is 5.87. The molecular formula is C22H25O. The van der Waals surface area contributed by atoms with Crippen LogP contribution in [0.3, 0.4) is 0 Å². The molecule has 0 amide bonds. The molecule has 0 atom stereocenters. The van der Waals surface area contributed by atoms with Crippen molar-refractivity contribution in [1.29, 1.82) is 0 Å². The lowest BCUT2D eigenvalue weighted by Gasteiger charge is -2.14. The third-order valence-electron chi connectivity index (χ3n) is 4.30. The summed E-state index contributed by atoms with van der Waals surface area (Å²) in [5.41, 5.74) is 8.03. The van der Waals surface area contributed by atoms with Crippen molar-refractivity contribution in [2.45, 2.75) is 40.0 Å². The molecule has 1 aliphatic carbocycles. The molecule has 1 nitrogen and oxygen atoms in total. The Bertz CT molecular complexity index is 701. The summed E-state index contributed by atoms with van der Waals surface area (Å²) >= 11 is 0. The molecule has 119 valence electrons. The van der Waals surface area contributed by atoms with Gasteiger partial charge in [-0.1, -0.05) is 49.3 Å². The number of unbranched alkanes of at least 4 members (excludes halogenated alkanes) is 1. The number of aryl methyl sites for hydroxylation is 2. The van der Waals surface area contributed by atoms with Gasteiger partial charge in [0, 0.05) is 6.42 Å². The van der Waals surface area contributed by atoms with E-state index in [0.29, 0.717) is 0 Å². The van der Waals surface area contributed by atoms with E-state index in [4.69, 9.17) is 4.74 Å². The van der Waals surface area contributed by atoms with Crippen molar-refractivity contribution in [3.05, 3.63) is 71.2 Å². The second-order valence-corrected chi connectivity index (χ2v) is 6.42. The van der Waals surface area contributed by atoms with Crippen LogP contribution in [0, 0.1) is 20.3 Å². The van der Waals surface area contributed by atoms with Gasteiger partial charge in [-0.25, -0.2) is 0 Å². The highest BCUT2D eigenvalue weighted by Crippen LogP contribution is 2.32. The fourth-order valence-corrected chi connectivity index (χ4v) is 3.05. The fraction of sp³-hybridized carbons (Fsp3) is 0.318. The van der Waals surface area contributed by atoms with Crippen LogP contribution < -0.4 is 4.74 Å². The van der Waals surface area contributed by atoms with Crippen LogP contribution in [0.4, 0.5) is 0 Å². The van der Waals surface area contributed by atoms with Crippen LogP contribution in [-0.2, 0) is 6.42 Å². The van der Waals surface area contributed by atoms with Crippen LogP contribution in [0.2, 0.25) is 0 Å². The third-order valence-corrected chi connectivity index (χ3v) is 4.30. The van der Waals surface area contributed by atoms with Crippen molar-refractivity contribution >= 4 is 0 Å². The van der Waals surface area contributed by atoms with Crippen LogP contribution >= 0.6 is 0 Å². The first kappa shape index (κ1) is 15.9. The van der Waals surface area contributed by atoms with E-state index >= 15 is 0 Å². The smallest absolute Gasteiger partial charge is 0.119 e. The molecule has 0 heterocycles. The Morgan fingerprint density at radius 3 is 2.39 bits per heavy atom. The van der Waals surface area contributed by atoms with Crippen LogP contribution in [0.25, 0.3) is 11.1 Å². The van der Waals surface area contributed by atoms with Gasteiger partial charge in [-0.15, -0.1) is 0 Å². The Balaban J connectivity index is 1.85. The van der Waals surface area contributed by atoms with Gasteiger partial charge in [-0.05, 0) is 66.6 Å². The van der Waals surface area contributed by atoms with Gasteiger partial charge >= 0.3 is 0 Å². The van der Waals surface area contributed by atoms with Gasteiger partial charge < -0.3 is 4.74 Å². The minimum atomic E-state index is 0.801. The maximum Gasteiger partial charge on any atom is 0.119 e. The second kappa shape index (κ2) is 7.04. The zero-order valence-electron chi connectivity index (χ0n) is 14.4. The minimum absolute atomic E-state index is 0.801. The number of hydrogen-bond acceptors (Lipinski definition) is 1. The van der Waals surface area contributed by atoms with E-state index in [2.05, 4.69) is 69.7 Å². The van der Waals surface area contributed by atoms with Gasteiger partial charge in [0.15, 0.2) is 0 Å². The summed E-state index contributed by atoms with van der Waals surface area (Å²) in [5.74, 6) is 0.992. The van der Waals surface area contributed by atoms with Crippen molar-refractivity contribution < 1.29 is 4.74 Å². The zero-order chi connectivity index (χ0) is 16.2. The SMILES string of the molecule is CCCCOc1cc(C)c(-c2cccc(CC3=C[CH]3)c2)c(C)c1. The highest BCUT2D eigenvalue weighted by atomic mass is 16.5. The lowest BCUT2D eigenvalue weighted by atomic mass is 9.93. The summed E-state index contributed by atoms with van der Waals surface area (Å²) in [7, 11) is 0. The van der Waals surface area contributed by atoms with Crippen molar-refractivity contribution in [2.24, 2.45) is 0 Å². The first-order valence-corrected chi connectivity index (χ1v) is 8.54. The number of allylic oxidation sites excluding steroid dienone is 2. The molecule has 0 fully saturated rings. The van der Waals surface area contributed by atoms with Gasteiger partial charge in [0.05, 0.1) is 6.61 Å². The van der Waals surface area contributed by atoms with Crippen LogP contribution in [0.1, 0.15) is 36.5 Å². The summed E-state index contributed by atoms with van der Waals surface area (Å²) in [6.07, 6.45) is 7.69. The Kier molecular flexibility index (Phi) is 4.85. The van der Waals surface area contributed by atoms with E-state index in [-0.39, 0.29) is 0 Å². The molecule has 0 unspecified atom stereocenters. The summed E-state index contributed by atoms with van der Waals surface area (Å²) in [6, 6.07) is 13.2. The number of benzene rings is 2. The lowest BCUT2D eigenvalue weighted by Crippen LogP contribution is -1.98. The van der Waals surface area contributed by atoms with Crippen LogP contribution in [-0.4, -0.2) is 6.61 Å². The van der Waals surface area contributed by atoms with E-state index in [1.54, 1.807) is 0 Å². The molecule has 2 aromatic rings. The molecule has 1 heteroatoms. The molecule has 0 saturated heterocycles. The Labute approximate surface area is 140 Å². The van der Waals surface area contributed by atoms with E-state index in [9.17, 15) is 0 Å². The summed E-state index contributed by atoms with van der Waals surface area (Å²) in [5, 5.41) is 0. The maximum atomic E-state index is 5.87. The molecule has 23 heavy (non-hydrogen) atoms. The molecular weight excluding hydrogens is 280 g/mol. The molecule has 0 bridgehead atoms. The first-order valence-electron chi connectivity index (χ1n) is 8.54. The lowest BCUT2D eigenvalue weighted by molar-refractivity contribution is 0.309. The van der Waals surface area contributed by atoms with Gasteiger partial charge in [-0.2, -0.15) is 0 Å². The molecule has 0 spiro atoms. The van der Waals surface area contributed by atoms with E-state index in [1.165, 1.54) is 33.4 Å². The second-order valence-electron chi connectivity index (χ2n) is 6.42. The van der Waals surface area contributed by atoms with Crippen molar-refractivity contribution in [3.8, 4) is 16.9 Å². The van der Waals surface area contributed by atoms with Crippen molar-refractivity contribution in [1.82, 2.24) is 0 Å². The Morgan fingerprint density at radius 2 is 1.74 bits per heavy atom. The molecule has 2 aromatic carbocycles. The summed E-state index contributed by atoms with van der Waals surface area (Å²) in [4.78, 5) is 0. The fourth-order valence-electron chi connectivity index (χ4n) is 3.05. The zero-order valence-corrected chi connectivity index (χ0v) is 14.4. The molecule has 1 aliphatic rings. The quantitative estimate of drug-likeness (QED) is 0.584. The minimum Gasteiger partial charge on any atom is -0.494 e. The molecule has 0 aromatic heterocycles. The first-order chi connectivity index (χ1) is 11.2. The van der Waals surface area contributed by atoms with Crippen molar-refractivity contribution in [2.75, 3.05) is 6.61 Å². The predicted molar refractivity (Wildman–Crippen MR) is 97.8 cm³/mol. The number of hydrogen-bond donors (Lipinski definition) is 0. The third kappa shape index (κ3) is 4.04. The largest absolute Gasteiger partial charge is 0.494 e. The molecule has 3 rings (SSSR count). The van der Waals surface area contributed by atoms with Crippen LogP contribution in [0.15, 0.2) is 48.0 Å². The van der Waals surface area contributed by atoms with Gasteiger partial charge in [0.25, 0.3) is 0 Å². The normalized spacial score (nSPS) is 12.9. The Hall–Kier alpha value is -2.02. The van der Waals surface area contributed by atoms with Gasteiger partial charge in [0.1, 0.15) is 5.75 Å². The maximum absolute atomic E-state index is 5.87. The predicted octanol–water partition coefficient (Wildman–Crippen LogP) is 5.84. The monoisotopic (exact) mass is 305 g/mol. The molecule has 0 saturated carbocycles. The molecule has 1 radical (unpaired) electrons. The number of ether oxygens (including phenoxy) is 1. The number of rotatable bonds is 7. The highest BCUT2D eigenvalue weighted by Gasteiger charge is 2.12. The van der Waals surface area contributed by atoms with Crippen molar-refractivity contribution in [3.63, 3.8) is 0 Å². The van der Waals surface area contributed by atoms with E-state index in [0.717, 1.165) is 31.6 Å². The van der Waals surface area contributed by atoms with Crippen LogP contribution in [0.5, 0.6) is 5.75 Å². The van der Waals surface area contributed by atoms with Gasteiger partial charge in [0.2, 0.25) is 0 Å². The average molecular weight is 305 g/mol.